The van der Waals surface area contributed by atoms with Gasteiger partial charge in [0.15, 0.2) is 0 Å². The van der Waals surface area contributed by atoms with Crippen molar-refractivity contribution in [2.24, 2.45) is 0 Å². The normalized spacial score (nSPS) is 10.1. The van der Waals surface area contributed by atoms with Crippen LogP contribution in [0.3, 0.4) is 0 Å². The Labute approximate surface area is 130 Å². The number of aliphatic carboxylic acids is 1. The van der Waals surface area contributed by atoms with Crippen LogP contribution < -0.4 is 5.32 Å². The standard InChI is InChI=1S/C15H12N2O6/c18-13-6-1-9(8-14(19)20)7-12(13)16-15(21)10-2-4-11(5-3-10)17(22)23/h1-7,18H,8H2,(H,16,21)(H,19,20). The Balaban J connectivity index is 2.19. The molecule has 2 rings (SSSR count). The van der Waals surface area contributed by atoms with Gasteiger partial charge in [-0.1, -0.05) is 6.07 Å². The van der Waals surface area contributed by atoms with Crippen LogP contribution >= 0.6 is 0 Å². The van der Waals surface area contributed by atoms with Crippen LogP contribution in [0.5, 0.6) is 5.75 Å². The van der Waals surface area contributed by atoms with Crippen LogP contribution in [-0.4, -0.2) is 27.0 Å². The van der Waals surface area contributed by atoms with Gasteiger partial charge in [-0.3, -0.25) is 19.7 Å². The van der Waals surface area contributed by atoms with Crippen molar-refractivity contribution in [3.63, 3.8) is 0 Å². The summed E-state index contributed by atoms with van der Waals surface area (Å²) in [6.45, 7) is 0. The Hall–Kier alpha value is -3.42. The van der Waals surface area contributed by atoms with Crippen LogP contribution in [0.15, 0.2) is 42.5 Å². The minimum Gasteiger partial charge on any atom is -0.506 e. The summed E-state index contributed by atoms with van der Waals surface area (Å²) < 4.78 is 0. The molecule has 0 radical (unpaired) electrons. The average molecular weight is 316 g/mol. The van der Waals surface area contributed by atoms with Gasteiger partial charge in [-0.2, -0.15) is 0 Å². The molecule has 0 bridgehead atoms. The summed E-state index contributed by atoms with van der Waals surface area (Å²) in [5.74, 6) is -1.83. The molecule has 8 nitrogen and oxygen atoms in total. The fourth-order valence-corrected chi connectivity index (χ4v) is 1.90. The second-order valence-corrected chi connectivity index (χ2v) is 4.68. The summed E-state index contributed by atoms with van der Waals surface area (Å²) in [6, 6.07) is 9.02. The number of hydrogen-bond donors (Lipinski definition) is 3. The Kier molecular flexibility index (Phi) is 4.55. The Morgan fingerprint density at radius 2 is 1.78 bits per heavy atom. The minimum absolute atomic E-state index is 0.0621. The van der Waals surface area contributed by atoms with Crippen LogP contribution in [-0.2, 0) is 11.2 Å². The number of nitro benzene ring substituents is 1. The molecular weight excluding hydrogens is 304 g/mol. The summed E-state index contributed by atoms with van der Waals surface area (Å²) >= 11 is 0. The van der Waals surface area contributed by atoms with Gasteiger partial charge in [0.1, 0.15) is 5.75 Å². The molecule has 118 valence electrons. The number of anilines is 1. The first-order chi connectivity index (χ1) is 10.9. The van der Waals surface area contributed by atoms with E-state index in [0.717, 1.165) is 0 Å². The Morgan fingerprint density at radius 3 is 2.35 bits per heavy atom. The topological polar surface area (TPSA) is 130 Å². The summed E-state index contributed by atoms with van der Waals surface area (Å²) in [4.78, 5) is 32.8. The first kappa shape index (κ1) is 16.0. The highest BCUT2D eigenvalue weighted by Crippen LogP contribution is 2.25. The van der Waals surface area contributed by atoms with Crippen LogP contribution in [0.2, 0.25) is 0 Å². The molecule has 1 amide bonds. The molecule has 0 aliphatic carbocycles. The molecule has 0 unspecified atom stereocenters. The number of aromatic hydroxyl groups is 1. The van der Waals surface area contributed by atoms with Gasteiger partial charge < -0.3 is 15.5 Å². The van der Waals surface area contributed by atoms with Crippen molar-refractivity contribution in [2.45, 2.75) is 6.42 Å². The van der Waals surface area contributed by atoms with Crippen LogP contribution in [0.25, 0.3) is 0 Å². The highest BCUT2D eigenvalue weighted by molar-refractivity contribution is 6.05. The number of phenols is 1. The fourth-order valence-electron chi connectivity index (χ4n) is 1.90. The van der Waals surface area contributed by atoms with E-state index in [1.807, 2.05) is 0 Å². The fraction of sp³-hybridized carbons (Fsp3) is 0.0667. The summed E-state index contributed by atoms with van der Waals surface area (Å²) in [6.07, 6.45) is -0.249. The third-order valence-electron chi connectivity index (χ3n) is 3.00. The number of benzene rings is 2. The molecule has 0 atom stereocenters. The van der Waals surface area contributed by atoms with Crippen LogP contribution in [0, 0.1) is 10.1 Å². The van der Waals surface area contributed by atoms with Crippen molar-refractivity contribution in [1.82, 2.24) is 0 Å². The lowest BCUT2D eigenvalue weighted by atomic mass is 10.1. The number of carboxylic acid groups (broad SMARTS) is 1. The quantitative estimate of drug-likeness (QED) is 0.440. The number of non-ortho nitro benzene ring substituents is 1. The molecule has 0 fully saturated rings. The largest absolute Gasteiger partial charge is 0.506 e. The van der Waals surface area contributed by atoms with Crippen molar-refractivity contribution < 1.29 is 24.7 Å². The first-order valence-electron chi connectivity index (χ1n) is 6.46. The molecule has 0 spiro atoms. The smallest absolute Gasteiger partial charge is 0.307 e. The Bertz CT molecular complexity index is 770. The number of nitrogens with zero attached hydrogens (tertiary/aromatic N) is 1. The maximum absolute atomic E-state index is 12.1. The second kappa shape index (κ2) is 6.56. The van der Waals surface area contributed by atoms with Gasteiger partial charge in [0.05, 0.1) is 17.0 Å². The number of carboxylic acids is 1. The lowest BCUT2D eigenvalue weighted by molar-refractivity contribution is -0.384. The number of carbonyl (C=O) groups is 2. The molecule has 2 aromatic rings. The molecule has 0 aliphatic heterocycles. The van der Waals surface area contributed by atoms with Gasteiger partial charge in [-0.25, -0.2) is 0 Å². The average Bonchev–Trinajstić information content (AvgIpc) is 2.50. The van der Waals surface area contributed by atoms with E-state index in [2.05, 4.69) is 5.32 Å². The zero-order valence-electron chi connectivity index (χ0n) is 11.7. The number of nitro groups is 1. The monoisotopic (exact) mass is 316 g/mol. The van der Waals surface area contributed by atoms with E-state index in [1.165, 1.54) is 42.5 Å². The van der Waals surface area contributed by atoms with Gasteiger partial charge in [0, 0.05) is 17.7 Å². The van der Waals surface area contributed by atoms with Crippen LogP contribution in [0.1, 0.15) is 15.9 Å². The highest BCUT2D eigenvalue weighted by Gasteiger charge is 2.12. The van der Waals surface area contributed by atoms with Crippen LogP contribution in [0.4, 0.5) is 11.4 Å². The number of carbonyl (C=O) groups excluding carboxylic acids is 1. The molecular formula is C15H12N2O6. The number of rotatable bonds is 5. The van der Waals surface area contributed by atoms with E-state index >= 15 is 0 Å². The van der Waals surface area contributed by atoms with Gasteiger partial charge in [-0.15, -0.1) is 0 Å². The van der Waals surface area contributed by atoms with Crippen molar-refractivity contribution in [3.05, 3.63) is 63.7 Å². The van der Waals surface area contributed by atoms with E-state index in [0.29, 0.717) is 5.56 Å². The van der Waals surface area contributed by atoms with Crippen molar-refractivity contribution in [1.29, 1.82) is 0 Å². The Morgan fingerprint density at radius 1 is 1.13 bits per heavy atom. The molecule has 0 aromatic heterocycles. The van der Waals surface area contributed by atoms with E-state index in [9.17, 15) is 24.8 Å². The lowest BCUT2D eigenvalue weighted by Gasteiger charge is -2.09. The zero-order chi connectivity index (χ0) is 17.0. The molecule has 2 aromatic carbocycles. The van der Waals surface area contributed by atoms with Gasteiger partial charge >= 0.3 is 5.97 Å². The van der Waals surface area contributed by atoms with Crippen molar-refractivity contribution in [3.8, 4) is 5.75 Å². The third-order valence-corrected chi connectivity index (χ3v) is 3.00. The second-order valence-electron chi connectivity index (χ2n) is 4.68. The predicted molar refractivity (Wildman–Crippen MR) is 80.5 cm³/mol. The molecule has 0 heterocycles. The van der Waals surface area contributed by atoms with Gasteiger partial charge in [0.2, 0.25) is 0 Å². The molecule has 3 N–H and O–H groups in total. The van der Waals surface area contributed by atoms with Crippen molar-refractivity contribution in [2.75, 3.05) is 5.32 Å². The van der Waals surface area contributed by atoms with Gasteiger partial charge in [0.25, 0.3) is 11.6 Å². The summed E-state index contributed by atoms with van der Waals surface area (Å²) in [7, 11) is 0. The number of hydrogen-bond acceptors (Lipinski definition) is 5. The zero-order valence-corrected chi connectivity index (χ0v) is 11.7. The molecule has 0 saturated heterocycles. The molecule has 0 aliphatic rings. The maximum Gasteiger partial charge on any atom is 0.307 e. The van der Waals surface area contributed by atoms with Gasteiger partial charge in [-0.05, 0) is 29.8 Å². The van der Waals surface area contributed by atoms with E-state index < -0.39 is 16.8 Å². The molecule has 23 heavy (non-hydrogen) atoms. The molecule has 8 heteroatoms. The molecule has 0 saturated carbocycles. The number of nitrogens with one attached hydrogen (secondary N) is 1. The summed E-state index contributed by atoms with van der Waals surface area (Å²) in [5, 5.41) is 31.5. The number of phenolic OH excluding ortho intramolecular Hbond substituents is 1. The predicted octanol–water partition coefficient (Wildman–Crippen LogP) is 2.18. The third kappa shape index (κ3) is 4.03. The first-order valence-corrected chi connectivity index (χ1v) is 6.46. The lowest BCUT2D eigenvalue weighted by Crippen LogP contribution is -2.12. The SMILES string of the molecule is O=C(O)Cc1ccc(O)c(NC(=O)c2ccc([N+](=O)[O-])cc2)c1. The number of amides is 1. The summed E-state index contributed by atoms with van der Waals surface area (Å²) in [5.41, 5.74) is 0.493. The van der Waals surface area contributed by atoms with E-state index in [-0.39, 0.29) is 29.1 Å². The van der Waals surface area contributed by atoms with Crippen molar-refractivity contribution >= 4 is 23.3 Å². The van der Waals surface area contributed by atoms with E-state index in [1.54, 1.807) is 0 Å². The minimum atomic E-state index is -1.04. The maximum atomic E-state index is 12.1. The highest BCUT2D eigenvalue weighted by atomic mass is 16.6. The van der Waals surface area contributed by atoms with E-state index in [4.69, 9.17) is 5.11 Å².